The van der Waals surface area contributed by atoms with E-state index in [4.69, 9.17) is 0 Å². The summed E-state index contributed by atoms with van der Waals surface area (Å²) in [5.74, 6) is 1.07. The van der Waals surface area contributed by atoms with Gasteiger partial charge in [-0.3, -0.25) is 0 Å². The Morgan fingerprint density at radius 2 is 1.94 bits per heavy atom. The maximum Gasteiger partial charge on any atom is 0.129 e. The summed E-state index contributed by atoms with van der Waals surface area (Å²) in [5, 5.41) is 7.90. The third-order valence-electron chi connectivity index (χ3n) is 3.00. The molecule has 0 aliphatic carbocycles. The van der Waals surface area contributed by atoms with Crippen molar-refractivity contribution in [3.8, 4) is 0 Å². The largest absolute Gasteiger partial charge is 0.344 e. The molecule has 0 spiro atoms. The molecule has 0 amide bonds. The second-order valence-electron chi connectivity index (χ2n) is 4.45. The molecule has 0 bridgehead atoms. The van der Waals surface area contributed by atoms with Gasteiger partial charge >= 0.3 is 0 Å². The Bertz CT molecular complexity index is 566. The Morgan fingerprint density at radius 1 is 1.18 bits per heavy atom. The highest BCUT2D eigenvalue weighted by Gasteiger charge is 2.20. The van der Waals surface area contributed by atoms with Crippen LogP contribution >= 0.6 is 0 Å². The van der Waals surface area contributed by atoms with E-state index < -0.39 is 0 Å². The molecule has 1 aromatic carbocycles. The lowest BCUT2D eigenvalue weighted by molar-refractivity contribution is 0.600. The predicted molar refractivity (Wildman–Crippen MR) is 68.9 cm³/mol. The number of hydrogen-bond acceptors (Lipinski definition) is 2. The smallest absolute Gasteiger partial charge is 0.129 e. The number of benzene rings is 1. The molecule has 1 aliphatic rings. The quantitative estimate of drug-likeness (QED) is 0.808. The molecule has 0 saturated carbocycles. The van der Waals surface area contributed by atoms with Crippen molar-refractivity contribution < 1.29 is 0 Å². The van der Waals surface area contributed by atoms with Crippen molar-refractivity contribution in [2.75, 3.05) is 5.32 Å². The lowest BCUT2D eigenvalue weighted by atomic mass is 10.0. The summed E-state index contributed by atoms with van der Waals surface area (Å²) >= 11 is 0. The second-order valence-corrected chi connectivity index (χ2v) is 4.45. The zero-order valence-corrected chi connectivity index (χ0v) is 10.0. The fourth-order valence-electron chi connectivity index (χ4n) is 2.26. The van der Waals surface area contributed by atoms with Crippen molar-refractivity contribution in [2.24, 2.45) is 0 Å². The van der Waals surface area contributed by atoms with E-state index in [-0.39, 0.29) is 6.04 Å². The molecule has 0 saturated heterocycles. The fourth-order valence-corrected chi connectivity index (χ4v) is 2.26. The van der Waals surface area contributed by atoms with E-state index in [1.54, 1.807) is 0 Å². The highest BCUT2D eigenvalue weighted by molar-refractivity contribution is 5.48. The third-order valence-corrected chi connectivity index (χ3v) is 3.00. The first kappa shape index (κ1) is 10.1. The van der Waals surface area contributed by atoms with Crippen molar-refractivity contribution in [1.29, 1.82) is 0 Å². The van der Waals surface area contributed by atoms with Crippen molar-refractivity contribution >= 4 is 5.82 Å². The van der Waals surface area contributed by atoms with Gasteiger partial charge in [0.2, 0.25) is 0 Å². The van der Waals surface area contributed by atoms with Crippen LogP contribution in [0.25, 0.3) is 0 Å². The molecule has 1 N–H and O–H groups in total. The highest BCUT2D eigenvalue weighted by Crippen LogP contribution is 2.29. The third kappa shape index (κ3) is 1.73. The van der Waals surface area contributed by atoms with Crippen LogP contribution in [-0.2, 0) is 0 Å². The Kier molecular flexibility index (Phi) is 2.25. The molecule has 2 aromatic rings. The monoisotopic (exact) mass is 225 g/mol. The van der Waals surface area contributed by atoms with E-state index in [0.29, 0.717) is 0 Å². The molecule has 1 unspecified atom stereocenters. The summed E-state index contributed by atoms with van der Waals surface area (Å²) in [6.07, 6.45) is 2.20. The molecule has 3 heteroatoms. The number of aromatic nitrogens is 2. The summed E-state index contributed by atoms with van der Waals surface area (Å²) in [7, 11) is 0. The SMILES string of the molecule is CC1=CC(c2ccccc2)n2nc(C)cc2N1. The second kappa shape index (κ2) is 3.77. The first-order valence-electron chi connectivity index (χ1n) is 5.80. The van der Waals surface area contributed by atoms with Crippen LogP contribution in [0.1, 0.15) is 24.2 Å². The summed E-state index contributed by atoms with van der Waals surface area (Å²) in [4.78, 5) is 0. The Labute approximate surface area is 101 Å². The molecule has 3 nitrogen and oxygen atoms in total. The van der Waals surface area contributed by atoms with Crippen LogP contribution in [0.4, 0.5) is 5.82 Å². The van der Waals surface area contributed by atoms with Gasteiger partial charge in [-0.1, -0.05) is 30.3 Å². The average molecular weight is 225 g/mol. The number of nitrogens with zero attached hydrogens (tertiary/aromatic N) is 2. The van der Waals surface area contributed by atoms with Crippen LogP contribution in [0, 0.1) is 6.92 Å². The van der Waals surface area contributed by atoms with Crippen LogP contribution in [0.15, 0.2) is 48.2 Å². The summed E-state index contributed by atoms with van der Waals surface area (Å²) in [6, 6.07) is 12.7. The van der Waals surface area contributed by atoms with Crippen molar-refractivity contribution in [3.63, 3.8) is 0 Å². The van der Waals surface area contributed by atoms with Crippen molar-refractivity contribution in [1.82, 2.24) is 9.78 Å². The molecular formula is C14H15N3. The molecule has 1 aliphatic heterocycles. The topological polar surface area (TPSA) is 29.9 Å². The van der Waals surface area contributed by atoms with Crippen molar-refractivity contribution in [2.45, 2.75) is 19.9 Å². The fraction of sp³-hybridized carbons (Fsp3) is 0.214. The highest BCUT2D eigenvalue weighted by atomic mass is 15.4. The molecule has 17 heavy (non-hydrogen) atoms. The standard InChI is InChI=1S/C14H15N3/c1-10-8-13(12-6-4-3-5-7-12)17-14(15-10)9-11(2)16-17/h3-9,13,15H,1-2H3. The first-order valence-corrected chi connectivity index (χ1v) is 5.80. The van der Waals surface area contributed by atoms with Crippen LogP contribution in [0.5, 0.6) is 0 Å². The minimum Gasteiger partial charge on any atom is -0.344 e. The normalized spacial score (nSPS) is 18.2. The van der Waals surface area contributed by atoms with E-state index in [1.807, 2.05) is 17.7 Å². The number of aryl methyl sites for hydroxylation is 1. The van der Waals surface area contributed by atoms with Gasteiger partial charge < -0.3 is 5.32 Å². The van der Waals surface area contributed by atoms with Gasteiger partial charge in [-0.15, -0.1) is 0 Å². The van der Waals surface area contributed by atoms with Gasteiger partial charge in [-0.05, 0) is 25.5 Å². The number of fused-ring (bicyclic) bond motifs is 1. The lowest BCUT2D eigenvalue weighted by Gasteiger charge is -2.23. The molecular weight excluding hydrogens is 210 g/mol. The zero-order chi connectivity index (χ0) is 11.8. The van der Waals surface area contributed by atoms with Crippen LogP contribution in [0.3, 0.4) is 0 Å². The predicted octanol–water partition coefficient (Wildman–Crippen LogP) is 3.11. The number of rotatable bonds is 1. The van der Waals surface area contributed by atoms with Gasteiger partial charge in [0.05, 0.1) is 11.7 Å². The van der Waals surface area contributed by atoms with Gasteiger partial charge in [0.25, 0.3) is 0 Å². The van der Waals surface area contributed by atoms with Gasteiger partial charge in [0.15, 0.2) is 0 Å². The van der Waals surface area contributed by atoms with E-state index in [0.717, 1.165) is 11.5 Å². The Balaban J connectivity index is 2.12. The first-order chi connectivity index (χ1) is 8.24. The van der Waals surface area contributed by atoms with Crippen LogP contribution in [0.2, 0.25) is 0 Å². The maximum atomic E-state index is 4.55. The molecule has 0 radical (unpaired) electrons. The van der Waals surface area contributed by atoms with E-state index in [9.17, 15) is 0 Å². The van der Waals surface area contributed by atoms with Gasteiger partial charge in [0.1, 0.15) is 5.82 Å². The van der Waals surface area contributed by atoms with E-state index >= 15 is 0 Å². The molecule has 1 aromatic heterocycles. The number of anilines is 1. The Hall–Kier alpha value is -2.03. The molecule has 3 rings (SSSR count). The average Bonchev–Trinajstić information content (AvgIpc) is 2.69. The number of nitrogens with one attached hydrogen (secondary N) is 1. The van der Waals surface area contributed by atoms with E-state index in [1.165, 1.54) is 11.3 Å². The van der Waals surface area contributed by atoms with Crippen LogP contribution < -0.4 is 5.32 Å². The number of hydrogen-bond donors (Lipinski definition) is 1. The summed E-state index contributed by atoms with van der Waals surface area (Å²) in [6.45, 7) is 4.10. The summed E-state index contributed by atoms with van der Waals surface area (Å²) < 4.78 is 2.04. The van der Waals surface area contributed by atoms with Gasteiger partial charge in [0, 0.05) is 11.8 Å². The molecule has 2 heterocycles. The van der Waals surface area contributed by atoms with Crippen LogP contribution in [-0.4, -0.2) is 9.78 Å². The summed E-state index contributed by atoms with van der Waals surface area (Å²) in [5.41, 5.74) is 3.47. The van der Waals surface area contributed by atoms with Crippen molar-refractivity contribution in [3.05, 3.63) is 59.4 Å². The maximum absolute atomic E-state index is 4.55. The number of allylic oxidation sites excluding steroid dienone is 2. The van der Waals surface area contributed by atoms with Gasteiger partial charge in [-0.2, -0.15) is 5.10 Å². The molecule has 1 atom stereocenters. The minimum atomic E-state index is 0.196. The molecule has 86 valence electrons. The molecule has 0 fully saturated rings. The van der Waals surface area contributed by atoms with E-state index in [2.05, 4.69) is 53.7 Å². The lowest BCUT2D eigenvalue weighted by Crippen LogP contribution is -2.19. The minimum absolute atomic E-state index is 0.196. The zero-order valence-electron chi connectivity index (χ0n) is 10.0. The van der Waals surface area contributed by atoms with Gasteiger partial charge in [-0.25, -0.2) is 4.68 Å². The Morgan fingerprint density at radius 3 is 2.71 bits per heavy atom.